The molecule has 4 atom stereocenters. The van der Waals surface area contributed by atoms with Gasteiger partial charge in [-0.2, -0.15) is 8.42 Å². The van der Waals surface area contributed by atoms with E-state index in [0.717, 1.165) is 12.8 Å². The average Bonchev–Trinajstić information content (AvgIpc) is 3.18. The Hall–Kier alpha value is -2.27. The van der Waals surface area contributed by atoms with Crippen molar-refractivity contribution in [2.24, 2.45) is 5.14 Å². The zero-order chi connectivity index (χ0) is 19.7. The molecule has 2 aromatic rings. The van der Waals surface area contributed by atoms with Gasteiger partial charge in [-0.3, -0.25) is 4.18 Å². The predicted octanol–water partition coefficient (Wildman–Crippen LogP) is 1.10. The highest BCUT2D eigenvalue weighted by Gasteiger charge is 2.36. The fraction of sp³-hybridized carbons (Fsp3) is 0.444. The molecule has 28 heavy (non-hydrogen) atoms. The van der Waals surface area contributed by atoms with Crippen LogP contribution in [0.2, 0.25) is 0 Å². The number of fused-ring (bicyclic) bond motifs is 1. The maximum Gasteiger partial charge on any atom is 0.333 e. The Morgan fingerprint density at radius 1 is 1.14 bits per heavy atom. The lowest BCUT2D eigenvalue weighted by Crippen LogP contribution is -2.29. The number of nitrogens with one attached hydrogen (secondary N) is 2. The summed E-state index contributed by atoms with van der Waals surface area (Å²) in [6, 6.07) is 10.2. The van der Waals surface area contributed by atoms with Crippen molar-refractivity contribution in [2.75, 3.05) is 10.6 Å². The third-order valence-corrected chi connectivity index (χ3v) is 5.72. The van der Waals surface area contributed by atoms with Crippen LogP contribution in [0.4, 0.5) is 11.6 Å². The minimum absolute atomic E-state index is 0.184. The highest BCUT2D eigenvalue weighted by Crippen LogP contribution is 2.33. The van der Waals surface area contributed by atoms with E-state index in [0.29, 0.717) is 24.5 Å². The molecule has 2 aliphatic carbocycles. The van der Waals surface area contributed by atoms with E-state index in [-0.39, 0.29) is 12.1 Å². The Labute approximate surface area is 163 Å². The highest BCUT2D eigenvalue weighted by molar-refractivity contribution is 7.84. The van der Waals surface area contributed by atoms with Gasteiger partial charge in [0.15, 0.2) is 0 Å². The highest BCUT2D eigenvalue weighted by atomic mass is 32.2. The lowest BCUT2D eigenvalue weighted by molar-refractivity contribution is 0.0646. The second-order valence-electron chi connectivity index (χ2n) is 7.23. The first-order valence-corrected chi connectivity index (χ1v) is 10.7. The molecule has 1 saturated carbocycles. The number of rotatable bonds is 6. The van der Waals surface area contributed by atoms with E-state index in [2.05, 4.69) is 38.8 Å². The van der Waals surface area contributed by atoms with E-state index in [1.807, 2.05) is 6.07 Å². The van der Waals surface area contributed by atoms with Crippen LogP contribution in [0.3, 0.4) is 0 Å². The summed E-state index contributed by atoms with van der Waals surface area (Å²) >= 11 is 0. The summed E-state index contributed by atoms with van der Waals surface area (Å²) in [5, 5.41) is 21.6. The van der Waals surface area contributed by atoms with Gasteiger partial charge in [0.2, 0.25) is 0 Å². The van der Waals surface area contributed by atoms with Gasteiger partial charge in [0.25, 0.3) is 0 Å². The van der Waals surface area contributed by atoms with Crippen LogP contribution in [-0.4, -0.2) is 41.7 Å². The third kappa shape index (κ3) is 4.41. The van der Waals surface area contributed by atoms with Crippen molar-refractivity contribution >= 4 is 21.9 Å². The summed E-state index contributed by atoms with van der Waals surface area (Å²) in [6.07, 6.45) is 2.38. The molecule has 2 aliphatic rings. The number of hydrogen-bond donors (Lipinski definition) is 4. The summed E-state index contributed by atoms with van der Waals surface area (Å²) < 4.78 is 26.9. The molecule has 0 saturated heterocycles. The first-order chi connectivity index (χ1) is 13.4. The minimum Gasteiger partial charge on any atom is -0.390 e. The minimum atomic E-state index is -4.10. The second kappa shape index (κ2) is 7.63. The lowest BCUT2D eigenvalue weighted by Gasteiger charge is -2.17. The number of aromatic nitrogens is 2. The van der Waals surface area contributed by atoms with Crippen molar-refractivity contribution in [2.45, 2.75) is 50.0 Å². The number of anilines is 2. The fourth-order valence-electron chi connectivity index (χ4n) is 3.98. The van der Waals surface area contributed by atoms with Crippen LogP contribution in [0.15, 0.2) is 36.7 Å². The summed E-state index contributed by atoms with van der Waals surface area (Å²) in [5.41, 5.74) is 2.64. The molecule has 0 spiro atoms. The van der Waals surface area contributed by atoms with Crippen LogP contribution in [0, 0.1) is 0 Å². The van der Waals surface area contributed by atoms with E-state index in [1.165, 1.54) is 17.5 Å². The van der Waals surface area contributed by atoms with Crippen molar-refractivity contribution in [3.8, 4) is 0 Å². The second-order valence-corrected chi connectivity index (χ2v) is 8.41. The summed E-state index contributed by atoms with van der Waals surface area (Å²) in [6.45, 7) is 0. The van der Waals surface area contributed by atoms with Crippen LogP contribution in [-0.2, 0) is 20.9 Å². The predicted molar refractivity (Wildman–Crippen MR) is 104 cm³/mol. The number of hydrogen-bond acceptors (Lipinski definition) is 8. The van der Waals surface area contributed by atoms with Gasteiger partial charge in [-0.05, 0) is 36.8 Å². The Morgan fingerprint density at radius 3 is 2.68 bits per heavy atom. The maximum atomic E-state index is 11.1. The number of aliphatic hydroxyl groups excluding tert-OH is 1. The number of nitrogens with two attached hydrogens (primary N) is 1. The van der Waals surface area contributed by atoms with E-state index in [1.54, 1.807) is 6.07 Å². The molecule has 0 aliphatic heterocycles. The van der Waals surface area contributed by atoms with Gasteiger partial charge in [0.05, 0.1) is 12.1 Å². The first kappa shape index (κ1) is 19.1. The maximum absolute atomic E-state index is 11.1. The molecule has 1 aromatic heterocycles. The fourth-order valence-corrected chi connectivity index (χ4v) is 4.53. The molecule has 0 bridgehead atoms. The van der Waals surface area contributed by atoms with Crippen LogP contribution < -0.4 is 15.8 Å². The van der Waals surface area contributed by atoms with Crippen molar-refractivity contribution in [3.05, 3.63) is 47.8 Å². The molecular formula is C18H23N5O4S. The SMILES string of the molecule is NS(=O)(=O)O[C@@H]1C[C@@H](Nc2cc(N[C@H]3CCc4ccccc43)ncn2)C[C@@H]1O. The van der Waals surface area contributed by atoms with Gasteiger partial charge in [-0.1, -0.05) is 24.3 Å². The molecule has 1 heterocycles. The van der Waals surface area contributed by atoms with Gasteiger partial charge in [-0.15, -0.1) is 0 Å². The van der Waals surface area contributed by atoms with Gasteiger partial charge < -0.3 is 15.7 Å². The third-order valence-electron chi connectivity index (χ3n) is 5.20. The number of aliphatic hydroxyl groups is 1. The monoisotopic (exact) mass is 405 g/mol. The zero-order valence-corrected chi connectivity index (χ0v) is 16.0. The molecule has 5 N–H and O–H groups in total. The van der Waals surface area contributed by atoms with E-state index < -0.39 is 22.5 Å². The topological polar surface area (TPSA) is 139 Å². The number of benzene rings is 1. The summed E-state index contributed by atoms with van der Waals surface area (Å²) in [5.74, 6) is 1.30. The summed E-state index contributed by atoms with van der Waals surface area (Å²) in [4.78, 5) is 8.52. The average molecular weight is 405 g/mol. The number of aryl methyl sites for hydroxylation is 1. The number of nitrogens with zero attached hydrogens (tertiary/aromatic N) is 2. The summed E-state index contributed by atoms with van der Waals surface area (Å²) in [7, 11) is -4.10. The zero-order valence-electron chi connectivity index (χ0n) is 15.2. The van der Waals surface area contributed by atoms with E-state index in [4.69, 9.17) is 9.32 Å². The van der Waals surface area contributed by atoms with Crippen LogP contribution in [0.25, 0.3) is 0 Å². The van der Waals surface area contributed by atoms with E-state index >= 15 is 0 Å². The Balaban J connectivity index is 1.40. The van der Waals surface area contributed by atoms with Crippen molar-refractivity contribution < 1.29 is 17.7 Å². The van der Waals surface area contributed by atoms with E-state index in [9.17, 15) is 13.5 Å². The van der Waals surface area contributed by atoms with Crippen LogP contribution >= 0.6 is 0 Å². The van der Waals surface area contributed by atoms with Gasteiger partial charge >= 0.3 is 10.3 Å². The largest absolute Gasteiger partial charge is 0.390 e. The molecule has 0 amide bonds. The molecule has 1 aromatic carbocycles. The van der Waals surface area contributed by atoms with Crippen molar-refractivity contribution in [3.63, 3.8) is 0 Å². The Kier molecular flexibility index (Phi) is 5.19. The van der Waals surface area contributed by atoms with Crippen molar-refractivity contribution in [1.29, 1.82) is 0 Å². The molecular weight excluding hydrogens is 382 g/mol. The molecule has 9 nitrogen and oxygen atoms in total. The quantitative estimate of drug-likeness (QED) is 0.560. The van der Waals surface area contributed by atoms with Gasteiger partial charge in [0, 0.05) is 12.1 Å². The molecule has 10 heteroatoms. The lowest BCUT2D eigenvalue weighted by atomic mass is 10.1. The molecule has 1 fully saturated rings. The normalized spacial score (nSPS) is 26.8. The first-order valence-electron chi connectivity index (χ1n) is 9.19. The molecule has 0 unspecified atom stereocenters. The molecule has 150 valence electrons. The molecule has 4 rings (SSSR count). The smallest absolute Gasteiger partial charge is 0.333 e. The van der Waals surface area contributed by atoms with Crippen LogP contribution in [0.5, 0.6) is 0 Å². The Morgan fingerprint density at radius 2 is 1.89 bits per heavy atom. The van der Waals surface area contributed by atoms with Crippen LogP contribution in [0.1, 0.15) is 36.4 Å². The van der Waals surface area contributed by atoms with Gasteiger partial charge in [0.1, 0.15) is 24.1 Å². The van der Waals surface area contributed by atoms with Gasteiger partial charge in [-0.25, -0.2) is 15.1 Å². The van der Waals surface area contributed by atoms with Crippen molar-refractivity contribution in [1.82, 2.24) is 9.97 Å². The molecule has 0 radical (unpaired) electrons. The Bertz CT molecular complexity index is 954. The standard InChI is InChI=1S/C18H23N5O4S/c19-28(25,26)27-16-8-12(7-15(16)24)22-17-9-18(21-10-20-17)23-14-6-5-11-3-1-2-4-13(11)14/h1-4,9-10,12,14-16,24H,5-8H2,(H2,19,25,26)(H2,20,21,22,23)/t12-,14-,15-,16+/m0/s1.